The van der Waals surface area contributed by atoms with E-state index < -0.39 is 0 Å². The molecule has 0 radical (unpaired) electrons. The number of carbonyl (C=O) groups excluding carboxylic acids is 1. The summed E-state index contributed by atoms with van der Waals surface area (Å²) in [5.74, 6) is 0.00540. The number of pyridine rings is 1. The van der Waals surface area contributed by atoms with Gasteiger partial charge in [-0.2, -0.15) is 0 Å². The lowest BCUT2D eigenvalue weighted by Gasteiger charge is -2.29. The molecular formula is C26H27N5O. The maximum atomic E-state index is 13.5. The van der Waals surface area contributed by atoms with Gasteiger partial charge >= 0.3 is 0 Å². The van der Waals surface area contributed by atoms with Crippen molar-refractivity contribution in [2.24, 2.45) is 0 Å². The van der Waals surface area contributed by atoms with Crippen molar-refractivity contribution in [3.63, 3.8) is 0 Å². The van der Waals surface area contributed by atoms with Crippen LogP contribution in [0.4, 0.5) is 11.4 Å². The SMILES string of the molecule is O=C(Cc1nnn2ccccc12)N(Cc1ccccc1)c1ccc(N2CCCCC2)cc1. The number of benzene rings is 2. The lowest BCUT2D eigenvalue weighted by atomic mass is 10.1. The van der Waals surface area contributed by atoms with Crippen molar-refractivity contribution >= 4 is 22.8 Å². The van der Waals surface area contributed by atoms with Crippen LogP contribution in [0.3, 0.4) is 0 Å². The summed E-state index contributed by atoms with van der Waals surface area (Å²) >= 11 is 0. The summed E-state index contributed by atoms with van der Waals surface area (Å²) in [6.45, 7) is 2.72. The summed E-state index contributed by atoms with van der Waals surface area (Å²) in [6, 6.07) is 24.3. The van der Waals surface area contributed by atoms with Crippen LogP contribution in [0.1, 0.15) is 30.5 Å². The second-order valence-electron chi connectivity index (χ2n) is 8.27. The van der Waals surface area contributed by atoms with Crippen molar-refractivity contribution in [1.82, 2.24) is 14.8 Å². The fourth-order valence-electron chi connectivity index (χ4n) is 4.34. The van der Waals surface area contributed by atoms with Gasteiger partial charge in [-0.05, 0) is 61.2 Å². The zero-order valence-corrected chi connectivity index (χ0v) is 18.1. The van der Waals surface area contributed by atoms with Gasteiger partial charge in [0.05, 0.1) is 24.2 Å². The molecule has 1 aliphatic heterocycles. The maximum absolute atomic E-state index is 13.5. The van der Waals surface area contributed by atoms with Crippen LogP contribution in [0, 0.1) is 0 Å². The third-order valence-corrected chi connectivity index (χ3v) is 6.08. The average molecular weight is 426 g/mol. The predicted octanol–water partition coefficient (Wildman–Crippen LogP) is 4.50. The highest BCUT2D eigenvalue weighted by Gasteiger charge is 2.20. The van der Waals surface area contributed by atoms with Crippen LogP contribution in [0.2, 0.25) is 0 Å². The van der Waals surface area contributed by atoms with Gasteiger partial charge in [-0.3, -0.25) is 4.79 Å². The first kappa shape index (κ1) is 20.2. The van der Waals surface area contributed by atoms with E-state index in [1.165, 1.54) is 24.9 Å². The number of carbonyl (C=O) groups is 1. The van der Waals surface area contributed by atoms with Gasteiger partial charge in [0.15, 0.2) is 0 Å². The molecule has 1 aliphatic rings. The van der Waals surface area contributed by atoms with Crippen LogP contribution in [0.25, 0.3) is 5.52 Å². The lowest BCUT2D eigenvalue weighted by Crippen LogP contribution is -2.32. The minimum Gasteiger partial charge on any atom is -0.372 e. The van der Waals surface area contributed by atoms with Gasteiger partial charge in [-0.15, -0.1) is 5.10 Å². The normalized spacial score (nSPS) is 13.9. The van der Waals surface area contributed by atoms with Gasteiger partial charge in [-0.25, -0.2) is 4.52 Å². The molecule has 2 aromatic carbocycles. The van der Waals surface area contributed by atoms with Gasteiger partial charge < -0.3 is 9.80 Å². The Morgan fingerprint density at radius 3 is 2.41 bits per heavy atom. The first-order valence-corrected chi connectivity index (χ1v) is 11.3. The lowest BCUT2D eigenvalue weighted by molar-refractivity contribution is -0.118. The van der Waals surface area contributed by atoms with E-state index >= 15 is 0 Å². The van der Waals surface area contributed by atoms with Crippen LogP contribution < -0.4 is 9.80 Å². The standard InChI is InChI=1S/C26H27N5O/c32-26(19-24-25-11-5-8-18-31(25)28-27-24)30(20-21-9-3-1-4-10-21)23-14-12-22(13-15-23)29-16-6-2-7-17-29/h1,3-5,8-15,18H,2,6-7,16-17,19-20H2. The molecule has 2 aromatic heterocycles. The zero-order chi connectivity index (χ0) is 21.8. The number of fused-ring (bicyclic) bond motifs is 1. The van der Waals surface area contributed by atoms with E-state index in [1.54, 1.807) is 4.52 Å². The molecule has 0 aliphatic carbocycles. The molecule has 0 saturated carbocycles. The number of nitrogens with zero attached hydrogens (tertiary/aromatic N) is 5. The highest BCUT2D eigenvalue weighted by molar-refractivity contribution is 5.95. The fraction of sp³-hybridized carbons (Fsp3) is 0.269. The van der Waals surface area contributed by atoms with Crippen molar-refractivity contribution < 1.29 is 4.79 Å². The first-order valence-electron chi connectivity index (χ1n) is 11.3. The smallest absolute Gasteiger partial charge is 0.233 e. The topological polar surface area (TPSA) is 53.7 Å². The minimum atomic E-state index is 0.00540. The quantitative estimate of drug-likeness (QED) is 0.457. The summed E-state index contributed by atoms with van der Waals surface area (Å²) < 4.78 is 1.71. The molecule has 4 aromatic rings. The molecule has 1 fully saturated rings. The minimum absolute atomic E-state index is 0.00540. The molecule has 162 valence electrons. The Morgan fingerprint density at radius 2 is 1.62 bits per heavy atom. The molecule has 1 saturated heterocycles. The molecule has 32 heavy (non-hydrogen) atoms. The Hall–Kier alpha value is -3.67. The van der Waals surface area contributed by atoms with E-state index in [-0.39, 0.29) is 12.3 Å². The van der Waals surface area contributed by atoms with E-state index in [9.17, 15) is 4.79 Å². The molecule has 0 spiro atoms. The molecule has 6 nitrogen and oxygen atoms in total. The summed E-state index contributed by atoms with van der Waals surface area (Å²) in [5, 5.41) is 8.39. The van der Waals surface area contributed by atoms with E-state index in [2.05, 4.69) is 51.6 Å². The van der Waals surface area contributed by atoms with E-state index in [0.717, 1.165) is 29.9 Å². The number of rotatable bonds is 6. The Balaban J connectivity index is 1.41. The van der Waals surface area contributed by atoms with Gasteiger partial charge in [-0.1, -0.05) is 41.6 Å². The summed E-state index contributed by atoms with van der Waals surface area (Å²) in [5.41, 5.74) is 4.77. The van der Waals surface area contributed by atoms with Crippen molar-refractivity contribution in [2.45, 2.75) is 32.2 Å². The van der Waals surface area contributed by atoms with Crippen molar-refractivity contribution in [3.05, 3.63) is 90.3 Å². The molecule has 0 unspecified atom stereocenters. The van der Waals surface area contributed by atoms with Crippen molar-refractivity contribution in [1.29, 1.82) is 0 Å². The van der Waals surface area contributed by atoms with Gasteiger partial charge in [0.2, 0.25) is 5.91 Å². The fourth-order valence-corrected chi connectivity index (χ4v) is 4.34. The molecule has 0 atom stereocenters. The molecule has 1 amide bonds. The largest absolute Gasteiger partial charge is 0.372 e. The average Bonchev–Trinajstić information content (AvgIpc) is 3.26. The highest BCUT2D eigenvalue weighted by Crippen LogP contribution is 2.25. The van der Waals surface area contributed by atoms with Crippen LogP contribution in [0.15, 0.2) is 79.0 Å². The second kappa shape index (κ2) is 9.22. The first-order chi connectivity index (χ1) is 15.8. The summed E-state index contributed by atoms with van der Waals surface area (Å²) in [6.07, 6.45) is 5.84. The molecule has 0 bridgehead atoms. The maximum Gasteiger partial charge on any atom is 0.233 e. The van der Waals surface area contributed by atoms with Crippen LogP contribution in [-0.2, 0) is 17.8 Å². The van der Waals surface area contributed by atoms with Gasteiger partial charge in [0.25, 0.3) is 0 Å². The van der Waals surface area contributed by atoms with E-state index in [0.29, 0.717) is 12.2 Å². The van der Waals surface area contributed by atoms with Crippen LogP contribution in [-0.4, -0.2) is 33.8 Å². The molecule has 5 rings (SSSR count). The molecule has 6 heteroatoms. The number of amides is 1. The van der Waals surface area contributed by atoms with Crippen LogP contribution in [0.5, 0.6) is 0 Å². The summed E-state index contributed by atoms with van der Waals surface area (Å²) in [4.78, 5) is 17.8. The Labute approximate surface area is 188 Å². The van der Waals surface area contributed by atoms with Gasteiger partial charge in [0.1, 0.15) is 0 Å². The Kier molecular flexibility index (Phi) is 5.83. The number of hydrogen-bond donors (Lipinski definition) is 0. The number of hydrogen-bond acceptors (Lipinski definition) is 4. The molecule has 3 heterocycles. The number of aromatic nitrogens is 3. The molecular weight excluding hydrogens is 398 g/mol. The third-order valence-electron chi connectivity index (χ3n) is 6.08. The van der Waals surface area contributed by atoms with Crippen LogP contribution >= 0.6 is 0 Å². The summed E-state index contributed by atoms with van der Waals surface area (Å²) in [7, 11) is 0. The number of anilines is 2. The monoisotopic (exact) mass is 425 g/mol. The van der Waals surface area contributed by atoms with Gasteiger partial charge in [0, 0.05) is 30.7 Å². The number of piperidine rings is 1. The third kappa shape index (κ3) is 4.35. The highest BCUT2D eigenvalue weighted by atomic mass is 16.2. The van der Waals surface area contributed by atoms with Crippen molar-refractivity contribution in [3.8, 4) is 0 Å². The second-order valence-corrected chi connectivity index (χ2v) is 8.27. The van der Waals surface area contributed by atoms with E-state index in [4.69, 9.17) is 0 Å². The van der Waals surface area contributed by atoms with Crippen molar-refractivity contribution in [2.75, 3.05) is 22.9 Å². The Morgan fingerprint density at radius 1 is 0.875 bits per heavy atom. The predicted molar refractivity (Wildman–Crippen MR) is 127 cm³/mol. The molecule has 0 N–H and O–H groups in total. The van der Waals surface area contributed by atoms with E-state index in [1.807, 2.05) is 47.5 Å². The zero-order valence-electron chi connectivity index (χ0n) is 18.1. The Bertz CT molecular complexity index is 1180.